The Balaban J connectivity index is 2.07. The average Bonchev–Trinajstić information content (AvgIpc) is 2.38. The number of benzene rings is 2. The lowest BCUT2D eigenvalue weighted by Gasteiger charge is -2.18. The van der Waals surface area contributed by atoms with Crippen molar-refractivity contribution in [1.82, 2.24) is 5.32 Å². The Kier molecular flexibility index (Phi) is 5.41. The maximum Gasteiger partial charge on any atom is 0.125 e. The highest BCUT2D eigenvalue weighted by molar-refractivity contribution is 6.30. The Morgan fingerprint density at radius 3 is 2.55 bits per heavy atom. The van der Waals surface area contributed by atoms with E-state index in [4.69, 9.17) is 23.2 Å². The van der Waals surface area contributed by atoms with Crippen molar-refractivity contribution >= 4 is 23.2 Å². The zero-order chi connectivity index (χ0) is 14.5. The van der Waals surface area contributed by atoms with E-state index in [1.165, 1.54) is 12.1 Å². The predicted molar refractivity (Wildman–Crippen MR) is 82.7 cm³/mol. The maximum atomic E-state index is 13.3. The topological polar surface area (TPSA) is 12.0 Å². The number of hydrogen-bond donors (Lipinski definition) is 1. The molecular weight excluding hydrogens is 296 g/mol. The summed E-state index contributed by atoms with van der Waals surface area (Å²) >= 11 is 11.9. The lowest BCUT2D eigenvalue weighted by atomic mass is 10.0. The first kappa shape index (κ1) is 15.3. The van der Waals surface area contributed by atoms with Crippen molar-refractivity contribution in [2.24, 2.45) is 0 Å². The Labute approximate surface area is 128 Å². The molecule has 2 aromatic carbocycles. The first-order valence-electron chi connectivity index (χ1n) is 6.52. The smallest absolute Gasteiger partial charge is 0.125 e. The summed E-state index contributed by atoms with van der Waals surface area (Å²) in [7, 11) is 0. The molecule has 1 N–H and O–H groups in total. The Bertz CT molecular complexity index is 566. The molecule has 0 spiro atoms. The third-order valence-electron chi connectivity index (χ3n) is 3.13. The van der Waals surface area contributed by atoms with Gasteiger partial charge < -0.3 is 5.32 Å². The van der Waals surface area contributed by atoms with Crippen molar-refractivity contribution in [2.75, 3.05) is 0 Å². The van der Waals surface area contributed by atoms with E-state index in [1.807, 2.05) is 24.3 Å². The summed E-state index contributed by atoms with van der Waals surface area (Å²) in [4.78, 5) is 0. The number of halogens is 3. The van der Waals surface area contributed by atoms with E-state index in [-0.39, 0.29) is 11.9 Å². The van der Waals surface area contributed by atoms with Crippen LogP contribution in [-0.4, -0.2) is 0 Å². The van der Waals surface area contributed by atoms with Gasteiger partial charge in [-0.2, -0.15) is 0 Å². The summed E-state index contributed by atoms with van der Waals surface area (Å²) in [5, 5.41) is 4.53. The van der Waals surface area contributed by atoms with Crippen molar-refractivity contribution in [3.8, 4) is 0 Å². The van der Waals surface area contributed by atoms with Crippen LogP contribution in [0, 0.1) is 5.82 Å². The van der Waals surface area contributed by atoms with Crippen LogP contribution in [0.5, 0.6) is 0 Å². The van der Waals surface area contributed by atoms with Crippen LogP contribution in [0.25, 0.3) is 0 Å². The van der Waals surface area contributed by atoms with Gasteiger partial charge in [0, 0.05) is 22.6 Å². The van der Waals surface area contributed by atoms with Crippen molar-refractivity contribution in [1.29, 1.82) is 0 Å². The summed E-state index contributed by atoms with van der Waals surface area (Å²) in [6.07, 6.45) is 0.920. The van der Waals surface area contributed by atoms with Gasteiger partial charge in [0.2, 0.25) is 0 Å². The molecule has 0 aliphatic heterocycles. The number of rotatable bonds is 5. The molecule has 0 aliphatic rings. The van der Waals surface area contributed by atoms with Crippen LogP contribution in [0.15, 0.2) is 42.5 Å². The summed E-state index contributed by atoms with van der Waals surface area (Å²) in [5.41, 5.74) is 1.96. The molecule has 0 aliphatic carbocycles. The fraction of sp³-hybridized carbons (Fsp3) is 0.250. The molecule has 0 saturated heterocycles. The van der Waals surface area contributed by atoms with Gasteiger partial charge in [-0.3, -0.25) is 0 Å². The van der Waals surface area contributed by atoms with Gasteiger partial charge in [-0.1, -0.05) is 42.3 Å². The average molecular weight is 312 g/mol. The molecule has 0 fully saturated rings. The lowest BCUT2D eigenvalue weighted by molar-refractivity contribution is 0.517. The van der Waals surface area contributed by atoms with Gasteiger partial charge in [0.15, 0.2) is 0 Å². The van der Waals surface area contributed by atoms with E-state index in [2.05, 4.69) is 12.2 Å². The molecule has 4 heteroatoms. The maximum absolute atomic E-state index is 13.3. The fourth-order valence-electron chi connectivity index (χ4n) is 2.18. The van der Waals surface area contributed by atoms with Crippen molar-refractivity contribution in [3.63, 3.8) is 0 Å². The number of hydrogen-bond acceptors (Lipinski definition) is 1. The lowest BCUT2D eigenvalue weighted by Crippen LogP contribution is -2.20. The normalized spacial score (nSPS) is 12.4. The molecule has 0 bridgehead atoms. The largest absolute Gasteiger partial charge is 0.306 e. The molecule has 2 rings (SSSR count). The molecule has 2 aromatic rings. The van der Waals surface area contributed by atoms with E-state index in [1.54, 1.807) is 6.07 Å². The quantitative estimate of drug-likeness (QED) is 0.782. The molecule has 1 atom stereocenters. The summed E-state index contributed by atoms with van der Waals surface area (Å²) in [6, 6.07) is 12.5. The summed E-state index contributed by atoms with van der Waals surface area (Å²) in [5.74, 6) is -0.315. The van der Waals surface area contributed by atoms with Crippen molar-refractivity contribution in [2.45, 2.75) is 25.9 Å². The molecule has 0 radical (unpaired) electrons. The third kappa shape index (κ3) is 4.20. The van der Waals surface area contributed by atoms with E-state index < -0.39 is 0 Å². The molecular formula is C16H16Cl2FN. The first-order valence-corrected chi connectivity index (χ1v) is 7.28. The molecule has 0 amide bonds. The van der Waals surface area contributed by atoms with Gasteiger partial charge in [-0.05, 0) is 47.9 Å². The van der Waals surface area contributed by atoms with Gasteiger partial charge in [0.25, 0.3) is 0 Å². The van der Waals surface area contributed by atoms with Gasteiger partial charge in [0.05, 0.1) is 0 Å². The molecule has 106 valence electrons. The molecule has 20 heavy (non-hydrogen) atoms. The second-order valence-corrected chi connectivity index (χ2v) is 5.55. The Hall–Kier alpha value is -1.09. The monoisotopic (exact) mass is 311 g/mol. The minimum atomic E-state index is -0.315. The highest BCUT2D eigenvalue weighted by atomic mass is 35.5. The SMILES string of the molecule is CCC(NCc1cc(F)cc(Cl)c1)c1cccc(Cl)c1. The number of nitrogens with one attached hydrogen (secondary N) is 1. The minimum absolute atomic E-state index is 0.177. The van der Waals surface area contributed by atoms with Crippen LogP contribution in [0.2, 0.25) is 10.0 Å². The van der Waals surface area contributed by atoms with Crippen LogP contribution >= 0.6 is 23.2 Å². The minimum Gasteiger partial charge on any atom is -0.306 e. The van der Waals surface area contributed by atoms with Gasteiger partial charge >= 0.3 is 0 Å². The standard InChI is InChI=1S/C16H16Cl2FN/c1-2-16(12-4-3-5-13(17)8-12)20-10-11-6-14(18)9-15(19)7-11/h3-9,16,20H,2,10H2,1H3. The van der Waals surface area contributed by atoms with E-state index in [9.17, 15) is 4.39 Å². The first-order chi connectivity index (χ1) is 9.58. The third-order valence-corrected chi connectivity index (χ3v) is 3.59. The van der Waals surface area contributed by atoms with Crippen LogP contribution in [0.4, 0.5) is 4.39 Å². The van der Waals surface area contributed by atoms with Gasteiger partial charge in [0.1, 0.15) is 5.82 Å². The van der Waals surface area contributed by atoms with Gasteiger partial charge in [-0.15, -0.1) is 0 Å². The van der Waals surface area contributed by atoms with Crippen molar-refractivity contribution in [3.05, 3.63) is 69.5 Å². The zero-order valence-electron chi connectivity index (χ0n) is 11.2. The van der Waals surface area contributed by atoms with E-state index >= 15 is 0 Å². The van der Waals surface area contributed by atoms with Gasteiger partial charge in [-0.25, -0.2) is 4.39 Å². The molecule has 0 aromatic heterocycles. The van der Waals surface area contributed by atoms with Crippen molar-refractivity contribution < 1.29 is 4.39 Å². The molecule has 1 nitrogen and oxygen atoms in total. The molecule has 0 heterocycles. The summed E-state index contributed by atoms with van der Waals surface area (Å²) in [6.45, 7) is 2.65. The second kappa shape index (κ2) is 7.07. The van der Waals surface area contributed by atoms with Crippen LogP contribution in [-0.2, 0) is 6.54 Å². The predicted octanol–water partition coefficient (Wildman–Crippen LogP) is 5.37. The van der Waals surface area contributed by atoms with Crippen LogP contribution < -0.4 is 5.32 Å². The zero-order valence-corrected chi connectivity index (χ0v) is 12.7. The van der Waals surface area contributed by atoms with Crippen LogP contribution in [0.3, 0.4) is 0 Å². The van der Waals surface area contributed by atoms with E-state index in [0.29, 0.717) is 11.6 Å². The fourth-order valence-corrected chi connectivity index (χ4v) is 2.62. The Morgan fingerprint density at radius 1 is 1.10 bits per heavy atom. The van der Waals surface area contributed by atoms with E-state index in [0.717, 1.165) is 22.6 Å². The second-order valence-electron chi connectivity index (χ2n) is 4.67. The Morgan fingerprint density at radius 2 is 1.90 bits per heavy atom. The highest BCUT2D eigenvalue weighted by Gasteiger charge is 2.09. The highest BCUT2D eigenvalue weighted by Crippen LogP contribution is 2.21. The molecule has 1 unspecified atom stereocenters. The molecule has 0 saturated carbocycles. The summed E-state index contributed by atoms with van der Waals surface area (Å²) < 4.78 is 13.3. The van der Waals surface area contributed by atoms with Crippen LogP contribution in [0.1, 0.15) is 30.5 Å².